The molecular formula is C16H14F9NO4. The van der Waals surface area contributed by atoms with Crippen LogP contribution in [-0.2, 0) is 0 Å². The molecule has 0 amide bonds. The van der Waals surface area contributed by atoms with E-state index in [1.165, 1.54) is 0 Å². The van der Waals surface area contributed by atoms with Crippen LogP contribution in [0.15, 0.2) is 12.1 Å². The quantitative estimate of drug-likeness (QED) is 0.631. The predicted octanol–water partition coefficient (Wildman–Crippen LogP) is 5.04. The molecule has 2 bridgehead atoms. The van der Waals surface area contributed by atoms with Crippen LogP contribution in [-0.4, -0.2) is 37.3 Å². The number of fused-ring (bicyclic) bond motifs is 2. The SMILES string of the molecule is FC(F)(F)Oc1cc(OC(F)(F)F)c(OC2CC3CCC(C2)N3)c(OC(F)(F)F)c1. The second kappa shape index (κ2) is 7.78. The lowest BCUT2D eigenvalue weighted by Crippen LogP contribution is -2.42. The molecule has 1 N–H and O–H groups in total. The Labute approximate surface area is 163 Å². The lowest BCUT2D eigenvalue weighted by atomic mass is 10.0. The number of ether oxygens (including phenoxy) is 4. The van der Waals surface area contributed by atoms with Gasteiger partial charge in [-0.2, -0.15) is 0 Å². The fraction of sp³-hybridized carbons (Fsp3) is 0.625. The molecule has 14 heteroatoms. The van der Waals surface area contributed by atoms with Gasteiger partial charge in [-0.25, -0.2) is 0 Å². The average Bonchev–Trinajstić information content (AvgIpc) is 2.84. The van der Waals surface area contributed by atoms with Crippen LogP contribution in [0.25, 0.3) is 0 Å². The second-order valence-electron chi connectivity index (χ2n) is 6.74. The normalized spacial score (nSPS) is 24.5. The van der Waals surface area contributed by atoms with E-state index in [1.807, 2.05) is 0 Å². The molecule has 0 saturated carbocycles. The lowest BCUT2D eigenvalue weighted by molar-refractivity contribution is -0.279. The van der Waals surface area contributed by atoms with Crippen molar-refractivity contribution in [2.75, 3.05) is 0 Å². The molecule has 1 aromatic carbocycles. The Hall–Kier alpha value is -2.25. The fourth-order valence-electron chi connectivity index (χ4n) is 3.53. The molecule has 3 rings (SSSR count). The van der Waals surface area contributed by atoms with Crippen LogP contribution < -0.4 is 24.3 Å². The standard InChI is InChI=1S/C16H14F9NO4/c17-14(18,19)28-10-5-11(29-15(20,21)22)13(12(6-10)30-16(23,24)25)27-9-3-7-1-2-8(4-9)26-7/h5-9,26H,1-4H2. The van der Waals surface area contributed by atoms with Gasteiger partial charge in [-0.15, -0.1) is 39.5 Å². The molecule has 0 spiro atoms. The van der Waals surface area contributed by atoms with Crippen LogP contribution in [0, 0.1) is 0 Å². The second-order valence-corrected chi connectivity index (χ2v) is 6.74. The Balaban J connectivity index is 2.00. The van der Waals surface area contributed by atoms with Crippen molar-refractivity contribution in [2.45, 2.75) is 63.0 Å². The van der Waals surface area contributed by atoms with Crippen LogP contribution in [0.4, 0.5) is 39.5 Å². The minimum absolute atomic E-state index is 0.0412. The molecule has 2 unspecified atom stereocenters. The molecular weight excluding hydrogens is 441 g/mol. The van der Waals surface area contributed by atoms with Gasteiger partial charge in [0.25, 0.3) is 0 Å². The van der Waals surface area contributed by atoms with E-state index in [4.69, 9.17) is 4.74 Å². The molecule has 2 fully saturated rings. The summed E-state index contributed by atoms with van der Waals surface area (Å²) in [4.78, 5) is 0. The molecule has 0 radical (unpaired) electrons. The summed E-state index contributed by atoms with van der Waals surface area (Å²) in [7, 11) is 0. The van der Waals surface area contributed by atoms with E-state index in [2.05, 4.69) is 19.5 Å². The fourth-order valence-corrected chi connectivity index (χ4v) is 3.53. The van der Waals surface area contributed by atoms with Crippen molar-refractivity contribution < 1.29 is 58.5 Å². The highest BCUT2D eigenvalue weighted by Gasteiger charge is 2.41. The third-order valence-electron chi connectivity index (χ3n) is 4.39. The summed E-state index contributed by atoms with van der Waals surface area (Å²) >= 11 is 0. The van der Waals surface area contributed by atoms with Gasteiger partial charge in [-0.3, -0.25) is 0 Å². The first-order chi connectivity index (χ1) is 13.7. The number of hydrogen-bond acceptors (Lipinski definition) is 5. The van der Waals surface area contributed by atoms with Crippen molar-refractivity contribution >= 4 is 0 Å². The molecule has 2 aliphatic heterocycles. The van der Waals surface area contributed by atoms with Gasteiger partial charge in [0.15, 0.2) is 11.5 Å². The zero-order valence-electron chi connectivity index (χ0n) is 14.7. The van der Waals surface area contributed by atoms with Crippen molar-refractivity contribution in [3.05, 3.63) is 12.1 Å². The molecule has 2 saturated heterocycles. The zero-order valence-corrected chi connectivity index (χ0v) is 14.7. The number of alkyl halides is 9. The molecule has 5 nitrogen and oxygen atoms in total. The van der Waals surface area contributed by atoms with E-state index in [0.717, 1.165) is 12.8 Å². The van der Waals surface area contributed by atoms with Crippen molar-refractivity contribution in [1.82, 2.24) is 5.32 Å². The number of rotatable bonds is 5. The van der Waals surface area contributed by atoms with E-state index >= 15 is 0 Å². The van der Waals surface area contributed by atoms with Gasteiger partial charge >= 0.3 is 19.1 Å². The van der Waals surface area contributed by atoms with Crippen LogP contribution in [0.5, 0.6) is 23.0 Å². The molecule has 2 aliphatic rings. The Kier molecular flexibility index (Phi) is 5.82. The van der Waals surface area contributed by atoms with Gasteiger partial charge in [0, 0.05) is 24.2 Å². The topological polar surface area (TPSA) is 49.0 Å². The Bertz CT molecular complexity index is 714. The number of halogens is 9. The number of hydrogen-bond donors (Lipinski definition) is 1. The first-order valence-corrected chi connectivity index (χ1v) is 8.55. The third-order valence-corrected chi connectivity index (χ3v) is 4.39. The monoisotopic (exact) mass is 455 g/mol. The van der Waals surface area contributed by atoms with Crippen LogP contribution in [0.3, 0.4) is 0 Å². The molecule has 2 heterocycles. The Morgan fingerprint density at radius 3 is 1.53 bits per heavy atom. The van der Waals surface area contributed by atoms with Crippen molar-refractivity contribution in [1.29, 1.82) is 0 Å². The minimum atomic E-state index is -5.43. The van der Waals surface area contributed by atoms with E-state index in [0.29, 0.717) is 0 Å². The molecule has 2 atom stereocenters. The summed E-state index contributed by atoms with van der Waals surface area (Å²) in [6.07, 6.45) is -15.0. The molecule has 0 aromatic heterocycles. The van der Waals surface area contributed by atoms with Gasteiger partial charge < -0.3 is 24.3 Å². The smallest absolute Gasteiger partial charge is 0.483 e. The summed E-state index contributed by atoms with van der Waals surface area (Å²) < 4.78 is 130. The number of piperidine rings is 1. The number of benzene rings is 1. The van der Waals surface area contributed by atoms with Crippen LogP contribution in [0.2, 0.25) is 0 Å². The van der Waals surface area contributed by atoms with Crippen molar-refractivity contribution in [3.8, 4) is 23.0 Å². The number of nitrogens with one attached hydrogen (secondary N) is 1. The van der Waals surface area contributed by atoms with Gasteiger partial charge in [-0.05, 0) is 25.7 Å². The van der Waals surface area contributed by atoms with Crippen LogP contribution in [0.1, 0.15) is 25.7 Å². The van der Waals surface area contributed by atoms with E-state index in [9.17, 15) is 39.5 Å². The van der Waals surface area contributed by atoms with Gasteiger partial charge in [-0.1, -0.05) is 0 Å². The Morgan fingerprint density at radius 2 is 1.13 bits per heavy atom. The van der Waals surface area contributed by atoms with Gasteiger partial charge in [0.1, 0.15) is 11.9 Å². The van der Waals surface area contributed by atoms with E-state index in [1.54, 1.807) is 0 Å². The van der Waals surface area contributed by atoms with Gasteiger partial charge in [0.2, 0.25) is 5.75 Å². The van der Waals surface area contributed by atoms with Crippen molar-refractivity contribution in [3.63, 3.8) is 0 Å². The molecule has 0 aliphatic carbocycles. The summed E-state index contributed by atoms with van der Waals surface area (Å²) in [5, 5.41) is 3.20. The summed E-state index contributed by atoms with van der Waals surface area (Å²) in [5.74, 6) is -5.42. The maximum atomic E-state index is 12.8. The maximum absolute atomic E-state index is 12.8. The highest BCUT2D eigenvalue weighted by molar-refractivity contribution is 5.56. The largest absolute Gasteiger partial charge is 0.573 e. The molecule has 30 heavy (non-hydrogen) atoms. The maximum Gasteiger partial charge on any atom is 0.573 e. The van der Waals surface area contributed by atoms with E-state index in [-0.39, 0.29) is 37.1 Å². The third kappa shape index (κ3) is 6.37. The van der Waals surface area contributed by atoms with E-state index < -0.39 is 48.2 Å². The first kappa shape index (κ1) is 22.4. The first-order valence-electron chi connectivity index (χ1n) is 8.55. The summed E-state index contributed by atoms with van der Waals surface area (Å²) in [6.45, 7) is 0. The van der Waals surface area contributed by atoms with Crippen molar-refractivity contribution in [2.24, 2.45) is 0 Å². The summed E-state index contributed by atoms with van der Waals surface area (Å²) in [6, 6.07) is 0.186. The van der Waals surface area contributed by atoms with Crippen LogP contribution >= 0.6 is 0 Å². The lowest BCUT2D eigenvalue weighted by Gasteiger charge is -2.31. The average molecular weight is 455 g/mol. The Morgan fingerprint density at radius 1 is 0.700 bits per heavy atom. The zero-order chi connectivity index (χ0) is 22.3. The molecule has 170 valence electrons. The molecule has 1 aromatic rings. The highest BCUT2D eigenvalue weighted by Crippen LogP contribution is 2.47. The van der Waals surface area contributed by atoms with Gasteiger partial charge in [0.05, 0.1) is 0 Å². The minimum Gasteiger partial charge on any atom is -0.483 e. The highest BCUT2D eigenvalue weighted by atomic mass is 19.4. The summed E-state index contributed by atoms with van der Waals surface area (Å²) in [5.41, 5.74) is 0. The predicted molar refractivity (Wildman–Crippen MR) is 80.1 cm³/mol.